The van der Waals surface area contributed by atoms with Crippen LogP contribution >= 0.6 is 15.9 Å². The second kappa shape index (κ2) is 4.06. The Balaban J connectivity index is 2.35. The monoisotopic (exact) mass is 278 g/mol. The van der Waals surface area contributed by atoms with Gasteiger partial charge in [0.25, 0.3) is 0 Å². The molecule has 1 aromatic carbocycles. The molecule has 84 valence electrons. The fourth-order valence-electron chi connectivity index (χ4n) is 1.45. The summed E-state index contributed by atoms with van der Waals surface area (Å²) in [7, 11) is 0. The van der Waals surface area contributed by atoms with Crippen molar-refractivity contribution in [2.45, 2.75) is 26.2 Å². The molecule has 0 aliphatic rings. The maximum absolute atomic E-state index is 4.38. The Kier molecular flexibility index (Phi) is 2.89. The average molecular weight is 279 g/mol. The normalized spacial score (nSPS) is 11.8. The van der Waals surface area contributed by atoms with Crippen LogP contribution in [-0.4, -0.2) is 9.78 Å². The maximum Gasteiger partial charge on any atom is 0.0646 e. The van der Waals surface area contributed by atoms with Gasteiger partial charge in [-0.2, -0.15) is 5.10 Å². The molecule has 1 aromatic heterocycles. The highest BCUT2D eigenvalue weighted by atomic mass is 79.9. The summed E-state index contributed by atoms with van der Waals surface area (Å²) in [6, 6.07) is 8.13. The third-order valence-electron chi connectivity index (χ3n) is 2.54. The van der Waals surface area contributed by atoms with Gasteiger partial charge in [0.15, 0.2) is 0 Å². The maximum atomic E-state index is 4.38. The SMILES string of the molecule is CC(C)(C)c1cnn(-c2ccc(Br)cc2)c1. The second-order valence-corrected chi connectivity index (χ2v) is 5.82. The first-order valence-corrected chi connectivity index (χ1v) is 6.07. The second-order valence-electron chi connectivity index (χ2n) is 4.90. The lowest BCUT2D eigenvalue weighted by atomic mass is 9.90. The Morgan fingerprint density at radius 2 is 1.75 bits per heavy atom. The van der Waals surface area contributed by atoms with Crippen molar-refractivity contribution in [2.24, 2.45) is 0 Å². The van der Waals surface area contributed by atoms with Crippen LogP contribution in [0.4, 0.5) is 0 Å². The van der Waals surface area contributed by atoms with Gasteiger partial charge < -0.3 is 0 Å². The molecule has 16 heavy (non-hydrogen) atoms. The molecule has 0 aliphatic heterocycles. The Bertz CT molecular complexity index is 477. The van der Waals surface area contributed by atoms with Crippen LogP contribution in [0.3, 0.4) is 0 Å². The van der Waals surface area contributed by atoms with Gasteiger partial charge in [-0.3, -0.25) is 0 Å². The summed E-state index contributed by atoms with van der Waals surface area (Å²) in [4.78, 5) is 0. The Hall–Kier alpha value is -1.09. The van der Waals surface area contributed by atoms with Crippen molar-refractivity contribution in [3.8, 4) is 5.69 Å². The summed E-state index contributed by atoms with van der Waals surface area (Å²) in [6.07, 6.45) is 4.02. The van der Waals surface area contributed by atoms with E-state index in [1.165, 1.54) is 5.56 Å². The number of aromatic nitrogens is 2. The first-order valence-electron chi connectivity index (χ1n) is 5.28. The molecular formula is C13H15BrN2. The first kappa shape index (κ1) is 11.4. The van der Waals surface area contributed by atoms with Crippen LogP contribution in [-0.2, 0) is 5.41 Å². The van der Waals surface area contributed by atoms with E-state index in [1.807, 2.05) is 35.1 Å². The van der Waals surface area contributed by atoms with Gasteiger partial charge in [0.1, 0.15) is 0 Å². The van der Waals surface area contributed by atoms with Gasteiger partial charge in [-0.25, -0.2) is 4.68 Å². The molecule has 2 rings (SSSR count). The molecule has 1 heterocycles. The summed E-state index contributed by atoms with van der Waals surface area (Å²) in [5, 5.41) is 4.38. The minimum Gasteiger partial charge on any atom is -0.241 e. The highest BCUT2D eigenvalue weighted by molar-refractivity contribution is 9.10. The molecule has 0 saturated carbocycles. The van der Waals surface area contributed by atoms with Gasteiger partial charge in [-0.05, 0) is 35.2 Å². The standard InChI is InChI=1S/C13H15BrN2/c1-13(2,3)10-8-15-16(9-10)12-6-4-11(14)5-7-12/h4-9H,1-3H3. The van der Waals surface area contributed by atoms with Crippen molar-refractivity contribution in [2.75, 3.05) is 0 Å². The summed E-state index contributed by atoms with van der Waals surface area (Å²) >= 11 is 3.43. The molecule has 0 aliphatic carbocycles. The van der Waals surface area contributed by atoms with Gasteiger partial charge in [0, 0.05) is 10.7 Å². The average Bonchev–Trinajstić information content (AvgIpc) is 2.67. The molecule has 0 amide bonds. The van der Waals surface area contributed by atoms with E-state index in [0.717, 1.165) is 10.2 Å². The number of hydrogen-bond acceptors (Lipinski definition) is 1. The van der Waals surface area contributed by atoms with Crippen molar-refractivity contribution in [3.05, 3.63) is 46.7 Å². The summed E-state index contributed by atoms with van der Waals surface area (Å²) < 4.78 is 2.99. The van der Waals surface area contributed by atoms with Crippen LogP contribution in [0.2, 0.25) is 0 Å². The molecular weight excluding hydrogens is 264 g/mol. The summed E-state index contributed by atoms with van der Waals surface area (Å²) in [5.41, 5.74) is 2.47. The minimum absolute atomic E-state index is 0.146. The van der Waals surface area contributed by atoms with Crippen LogP contribution in [0.15, 0.2) is 41.1 Å². The van der Waals surface area contributed by atoms with E-state index in [9.17, 15) is 0 Å². The van der Waals surface area contributed by atoms with E-state index < -0.39 is 0 Å². The van der Waals surface area contributed by atoms with Gasteiger partial charge in [-0.1, -0.05) is 36.7 Å². The lowest BCUT2D eigenvalue weighted by molar-refractivity contribution is 0.590. The molecule has 0 N–H and O–H groups in total. The van der Waals surface area contributed by atoms with Gasteiger partial charge in [-0.15, -0.1) is 0 Å². The largest absolute Gasteiger partial charge is 0.241 e. The molecule has 0 unspecified atom stereocenters. The van der Waals surface area contributed by atoms with E-state index in [4.69, 9.17) is 0 Å². The molecule has 0 bridgehead atoms. The van der Waals surface area contributed by atoms with Gasteiger partial charge in [0.05, 0.1) is 11.9 Å². The summed E-state index contributed by atoms with van der Waals surface area (Å²) in [6.45, 7) is 6.57. The summed E-state index contributed by atoms with van der Waals surface area (Å²) in [5.74, 6) is 0. The highest BCUT2D eigenvalue weighted by Gasteiger charge is 2.15. The van der Waals surface area contributed by atoms with Crippen LogP contribution in [0.5, 0.6) is 0 Å². The number of halogens is 1. The molecule has 2 aromatic rings. The fourth-order valence-corrected chi connectivity index (χ4v) is 1.71. The number of hydrogen-bond donors (Lipinski definition) is 0. The quantitative estimate of drug-likeness (QED) is 0.773. The molecule has 2 nitrogen and oxygen atoms in total. The minimum atomic E-state index is 0.146. The van der Waals surface area contributed by atoms with E-state index in [0.29, 0.717) is 0 Å². The van der Waals surface area contributed by atoms with Crippen LogP contribution < -0.4 is 0 Å². The Labute approximate surface area is 104 Å². The van der Waals surface area contributed by atoms with Crippen LogP contribution in [0.25, 0.3) is 5.69 Å². The van der Waals surface area contributed by atoms with E-state index >= 15 is 0 Å². The molecule has 0 fully saturated rings. The third kappa shape index (κ3) is 2.35. The number of nitrogens with zero attached hydrogens (tertiary/aromatic N) is 2. The third-order valence-corrected chi connectivity index (χ3v) is 3.07. The predicted molar refractivity (Wildman–Crippen MR) is 70.0 cm³/mol. The zero-order valence-corrected chi connectivity index (χ0v) is 11.3. The topological polar surface area (TPSA) is 17.8 Å². The smallest absolute Gasteiger partial charge is 0.0646 e. The molecule has 0 atom stereocenters. The molecule has 0 saturated heterocycles. The van der Waals surface area contributed by atoms with E-state index in [-0.39, 0.29) is 5.41 Å². The van der Waals surface area contributed by atoms with Crippen molar-refractivity contribution in [1.82, 2.24) is 9.78 Å². The lowest BCUT2D eigenvalue weighted by Gasteiger charge is -2.14. The van der Waals surface area contributed by atoms with E-state index in [2.05, 4.69) is 48.0 Å². The van der Waals surface area contributed by atoms with Crippen molar-refractivity contribution in [1.29, 1.82) is 0 Å². The number of rotatable bonds is 1. The molecule has 0 spiro atoms. The zero-order chi connectivity index (χ0) is 11.8. The lowest BCUT2D eigenvalue weighted by Crippen LogP contribution is -2.09. The van der Waals surface area contributed by atoms with Gasteiger partial charge in [0.2, 0.25) is 0 Å². The number of benzene rings is 1. The van der Waals surface area contributed by atoms with Crippen molar-refractivity contribution >= 4 is 15.9 Å². The molecule has 3 heteroatoms. The zero-order valence-electron chi connectivity index (χ0n) is 9.74. The molecule has 0 radical (unpaired) electrons. The fraction of sp³-hybridized carbons (Fsp3) is 0.308. The predicted octanol–water partition coefficient (Wildman–Crippen LogP) is 3.93. The van der Waals surface area contributed by atoms with Crippen molar-refractivity contribution in [3.63, 3.8) is 0 Å². The first-order chi connectivity index (χ1) is 7.47. The van der Waals surface area contributed by atoms with Gasteiger partial charge >= 0.3 is 0 Å². The van der Waals surface area contributed by atoms with Crippen LogP contribution in [0, 0.1) is 0 Å². The van der Waals surface area contributed by atoms with Crippen molar-refractivity contribution < 1.29 is 0 Å². The van der Waals surface area contributed by atoms with E-state index in [1.54, 1.807) is 0 Å². The Morgan fingerprint density at radius 1 is 1.12 bits per heavy atom. The van der Waals surface area contributed by atoms with Crippen LogP contribution in [0.1, 0.15) is 26.3 Å². The highest BCUT2D eigenvalue weighted by Crippen LogP contribution is 2.22. The Morgan fingerprint density at radius 3 is 2.25 bits per heavy atom.